The van der Waals surface area contributed by atoms with Crippen LogP contribution in [0.4, 0.5) is 10.8 Å². The second-order valence-corrected chi connectivity index (χ2v) is 8.41. The molecule has 0 aliphatic carbocycles. The van der Waals surface area contributed by atoms with Crippen LogP contribution in [0.5, 0.6) is 0 Å². The summed E-state index contributed by atoms with van der Waals surface area (Å²) in [6.07, 6.45) is 0. The molecule has 0 spiro atoms. The number of non-ortho nitro benzene ring substituents is 1. The Bertz CT molecular complexity index is 1040. The van der Waals surface area contributed by atoms with Crippen molar-refractivity contribution in [2.45, 2.75) is 11.8 Å². The van der Waals surface area contributed by atoms with Crippen molar-refractivity contribution in [3.05, 3.63) is 69.6 Å². The molecular formula is C17H15N3O4S2. The van der Waals surface area contributed by atoms with Crippen molar-refractivity contribution in [1.82, 2.24) is 4.98 Å². The quantitative estimate of drug-likeness (QED) is 0.488. The molecule has 0 amide bonds. The van der Waals surface area contributed by atoms with E-state index in [1.54, 1.807) is 5.38 Å². The van der Waals surface area contributed by atoms with Crippen molar-refractivity contribution in [3.8, 4) is 11.3 Å². The number of aryl methyl sites for hydroxylation is 1. The maximum atomic E-state index is 12.7. The third-order valence-electron chi connectivity index (χ3n) is 3.81. The zero-order valence-electron chi connectivity index (χ0n) is 14.0. The van der Waals surface area contributed by atoms with Gasteiger partial charge in [-0.1, -0.05) is 29.8 Å². The second kappa shape index (κ2) is 6.85. The molecule has 0 N–H and O–H groups in total. The van der Waals surface area contributed by atoms with Crippen LogP contribution < -0.4 is 4.31 Å². The molecule has 1 heterocycles. The molecule has 2 aromatic carbocycles. The third kappa shape index (κ3) is 3.44. The van der Waals surface area contributed by atoms with Crippen LogP contribution in [0.25, 0.3) is 11.3 Å². The molecule has 0 saturated heterocycles. The molecule has 0 saturated carbocycles. The highest BCUT2D eigenvalue weighted by Gasteiger charge is 2.24. The summed E-state index contributed by atoms with van der Waals surface area (Å²) >= 11 is 1.21. The fourth-order valence-corrected chi connectivity index (χ4v) is 4.44. The standard InChI is InChI=1S/C17H15N3O4S2/c1-12-3-5-13(6-4-12)16-11-25-17(18-16)19(2)26(23,24)15-9-7-14(8-10-15)20(21)22/h3-11H,1-2H3. The summed E-state index contributed by atoms with van der Waals surface area (Å²) in [5, 5.41) is 12.8. The molecule has 0 unspecified atom stereocenters. The van der Waals surface area contributed by atoms with E-state index in [1.807, 2.05) is 31.2 Å². The Morgan fingerprint density at radius 3 is 2.27 bits per heavy atom. The first-order valence-corrected chi connectivity index (χ1v) is 9.87. The normalized spacial score (nSPS) is 11.3. The molecule has 1 aromatic heterocycles. The van der Waals surface area contributed by atoms with Crippen molar-refractivity contribution >= 4 is 32.2 Å². The number of sulfonamides is 1. The molecule has 0 aliphatic heterocycles. The number of nitro benzene ring substituents is 1. The Balaban J connectivity index is 1.89. The Morgan fingerprint density at radius 2 is 1.69 bits per heavy atom. The van der Waals surface area contributed by atoms with Gasteiger partial charge in [-0.3, -0.25) is 10.1 Å². The monoisotopic (exact) mass is 389 g/mol. The average Bonchev–Trinajstić information content (AvgIpc) is 3.11. The van der Waals surface area contributed by atoms with Gasteiger partial charge in [0.25, 0.3) is 15.7 Å². The van der Waals surface area contributed by atoms with Gasteiger partial charge in [0.2, 0.25) is 0 Å². The van der Waals surface area contributed by atoms with Gasteiger partial charge in [0.15, 0.2) is 5.13 Å². The zero-order valence-corrected chi connectivity index (χ0v) is 15.6. The Morgan fingerprint density at radius 1 is 1.08 bits per heavy atom. The van der Waals surface area contributed by atoms with Gasteiger partial charge in [-0.2, -0.15) is 0 Å². The van der Waals surface area contributed by atoms with Crippen LogP contribution in [0, 0.1) is 17.0 Å². The molecule has 0 fully saturated rings. The van der Waals surface area contributed by atoms with Gasteiger partial charge in [-0.15, -0.1) is 11.3 Å². The first-order chi connectivity index (χ1) is 12.3. The van der Waals surface area contributed by atoms with Gasteiger partial charge >= 0.3 is 0 Å². The molecule has 134 valence electrons. The lowest BCUT2D eigenvalue weighted by atomic mass is 10.1. The smallest absolute Gasteiger partial charge is 0.258 e. The number of thiazole rings is 1. The van der Waals surface area contributed by atoms with Crippen LogP contribution in [0.1, 0.15) is 5.56 Å². The molecule has 7 nitrogen and oxygen atoms in total. The predicted molar refractivity (Wildman–Crippen MR) is 101 cm³/mol. The molecule has 3 rings (SSSR count). The lowest BCUT2D eigenvalue weighted by Gasteiger charge is -2.16. The largest absolute Gasteiger partial charge is 0.269 e. The number of nitrogens with zero attached hydrogens (tertiary/aromatic N) is 3. The number of rotatable bonds is 5. The number of aromatic nitrogens is 1. The number of benzene rings is 2. The summed E-state index contributed by atoms with van der Waals surface area (Å²) in [5.41, 5.74) is 2.56. The average molecular weight is 389 g/mol. The van der Waals surface area contributed by atoms with E-state index in [-0.39, 0.29) is 10.6 Å². The van der Waals surface area contributed by atoms with Crippen LogP contribution in [0.2, 0.25) is 0 Å². The summed E-state index contributed by atoms with van der Waals surface area (Å²) in [5.74, 6) is 0. The molecule has 26 heavy (non-hydrogen) atoms. The van der Waals surface area contributed by atoms with E-state index < -0.39 is 14.9 Å². The summed E-state index contributed by atoms with van der Waals surface area (Å²) in [4.78, 5) is 14.5. The van der Waals surface area contributed by atoms with Crippen molar-refractivity contribution in [3.63, 3.8) is 0 Å². The number of hydrogen-bond donors (Lipinski definition) is 0. The first-order valence-electron chi connectivity index (χ1n) is 7.55. The molecule has 0 aliphatic rings. The van der Waals surface area contributed by atoms with Crippen LogP contribution >= 0.6 is 11.3 Å². The van der Waals surface area contributed by atoms with Crippen LogP contribution in [-0.2, 0) is 10.0 Å². The Hall–Kier alpha value is -2.78. The van der Waals surface area contributed by atoms with Crippen LogP contribution in [0.3, 0.4) is 0 Å². The fraction of sp³-hybridized carbons (Fsp3) is 0.118. The fourth-order valence-electron chi connectivity index (χ4n) is 2.27. The van der Waals surface area contributed by atoms with E-state index in [9.17, 15) is 18.5 Å². The van der Waals surface area contributed by atoms with Gasteiger partial charge in [0.05, 0.1) is 15.5 Å². The minimum absolute atomic E-state index is 0.0299. The summed E-state index contributed by atoms with van der Waals surface area (Å²) in [7, 11) is -2.44. The van der Waals surface area contributed by atoms with E-state index in [0.717, 1.165) is 15.4 Å². The van der Waals surface area contributed by atoms with Gasteiger partial charge < -0.3 is 0 Å². The number of anilines is 1. The van der Waals surface area contributed by atoms with Crippen molar-refractivity contribution < 1.29 is 13.3 Å². The first kappa shape index (κ1) is 18.0. The van der Waals surface area contributed by atoms with Gasteiger partial charge in [0, 0.05) is 30.1 Å². The predicted octanol–water partition coefficient (Wildman–Crippen LogP) is 3.85. The van der Waals surface area contributed by atoms with E-state index in [1.165, 1.54) is 42.6 Å². The van der Waals surface area contributed by atoms with E-state index in [0.29, 0.717) is 10.8 Å². The topological polar surface area (TPSA) is 93.4 Å². The van der Waals surface area contributed by atoms with Crippen molar-refractivity contribution in [1.29, 1.82) is 0 Å². The molecule has 0 bridgehead atoms. The van der Waals surface area contributed by atoms with Gasteiger partial charge in [0.1, 0.15) is 0 Å². The van der Waals surface area contributed by atoms with Crippen molar-refractivity contribution in [2.24, 2.45) is 0 Å². The molecule has 0 atom stereocenters. The highest BCUT2D eigenvalue weighted by Crippen LogP contribution is 2.30. The van der Waals surface area contributed by atoms with E-state index in [2.05, 4.69) is 4.98 Å². The Kier molecular flexibility index (Phi) is 4.75. The van der Waals surface area contributed by atoms with Gasteiger partial charge in [-0.25, -0.2) is 17.7 Å². The SMILES string of the molecule is Cc1ccc(-c2csc(N(C)S(=O)(=O)c3ccc([N+](=O)[O-])cc3)n2)cc1. The maximum Gasteiger partial charge on any atom is 0.269 e. The summed E-state index contributed by atoms with van der Waals surface area (Å²) in [6, 6.07) is 12.6. The minimum Gasteiger partial charge on any atom is -0.258 e. The third-order valence-corrected chi connectivity index (χ3v) is 6.61. The molecule has 0 radical (unpaired) electrons. The number of hydrogen-bond acceptors (Lipinski definition) is 6. The van der Waals surface area contributed by atoms with E-state index >= 15 is 0 Å². The molecular weight excluding hydrogens is 374 g/mol. The van der Waals surface area contributed by atoms with Crippen LogP contribution in [0.15, 0.2) is 58.8 Å². The Labute approximate surface area is 154 Å². The van der Waals surface area contributed by atoms with E-state index in [4.69, 9.17) is 0 Å². The molecule has 9 heteroatoms. The highest BCUT2D eigenvalue weighted by molar-refractivity contribution is 7.93. The highest BCUT2D eigenvalue weighted by atomic mass is 32.2. The minimum atomic E-state index is -3.85. The lowest BCUT2D eigenvalue weighted by Crippen LogP contribution is -2.26. The van der Waals surface area contributed by atoms with Gasteiger partial charge in [-0.05, 0) is 19.1 Å². The maximum absolute atomic E-state index is 12.7. The number of nitro groups is 1. The molecule has 3 aromatic rings. The van der Waals surface area contributed by atoms with Crippen molar-refractivity contribution in [2.75, 3.05) is 11.4 Å². The van der Waals surface area contributed by atoms with Crippen LogP contribution in [-0.4, -0.2) is 25.4 Å². The lowest BCUT2D eigenvalue weighted by molar-refractivity contribution is -0.384. The second-order valence-electron chi connectivity index (χ2n) is 5.60. The zero-order chi connectivity index (χ0) is 18.9. The summed E-state index contributed by atoms with van der Waals surface area (Å²) in [6.45, 7) is 1.99. The summed E-state index contributed by atoms with van der Waals surface area (Å²) < 4.78 is 26.5.